The van der Waals surface area contributed by atoms with Crippen LogP contribution in [0.5, 0.6) is 5.75 Å². The third-order valence-corrected chi connectivity index (χ3v) is 5.80. The smallest absolute Gasteiger partial charge is 0.248 e. The summed E-state index contributed by atoms with van der Waals surface area (Å²) in [5.74, 6) is 3.96. The topological polar surface area (TPSA) is 64.8 Å². The highest BCUT2D eigenvalue weighted by atomic mass is 32.2. The van der Waals surface area contributed by atoms with Gasteiger partial charge in [0.1, 0.15) is 23.8 Å². The van der Waals surface area contributed by atoms with Gasteiger partial charge in [-0.1, -0.05) is 12.1 Å². The zero-order valence-electron chi connectivity index (χ0n) is 13.7. The minimum Gasteiger partial charge on any atom is -0.497 e. The van der Waals surface area contributed by atoms with Crippen molar-refractivity contribution >= 4 is 34.9 Å². The molecule has 0 spiro atoms. The predicted molar refractivity (Wildman–Crippen MR) is 102 cm³/mol. The second-order valence-electron chi connectivity index (χ2n) is 5.69. The number of terminal acetylenes is 1. The number of carbonyl (C=O) groups is 1. The molecule has 1 aromatic rings. The minimum atomic E-state index is -0.489. The highest BCUT2D eigenvalue weighted by molar-refractivity contribution is 8.00. The van der Waals surface area contributed by atoms with Gasteiger partial charge in [0, 0.05) is 12.2 Å². The van der Waals surface area contributed by atoms with Gasteiger partial charge in [0.2, 0.25) is 11.0 Å². The fourth-order valence-electron chi connectivity index (χ4n) is 2.77. The van der Waals surface area contributed by atoms with Crippen LogP contribution in [0.15, 0.2) is 35.5 Å². The van der Waals surface area contributed by atoms with Crippen molar-refractivity contribution in [3.8, 4) is 18.1 Å². The maximum absolute atomic E-state index is 12.2. The summed E-state index contributed by atoms with van der Waals surface area (Å²) in [6.07, 6.45) is 5.89. The zero-order chi connectivity index (χ0) is 18.0. The molecule has 7 heteroatoms. The lowest BCUT2D eigenvalue weighted by Gasteiger charge is -2.48. The van der Waals surface area contributed by atoms with Gasteiger partial charge in [-0.3, -0.25) is 9.69 Å². The number of thioether (sulfide) groups is 1. The molecular formula is C18H18N2O3S2. The molecule has 2 N–H and O–H groups in total. The first-order valence-corrected chi connectivity index (χ1v) is 9.18. The Balaban J connectivity index is 1.75. The number of rotatable bonds is 5. The molecule has 0 saturated carbocycles. The molecular weight excluding hydrogens is 356 g/mol. The molecule has 2 aliphatic rings. The molecule has 0 bridgehead atoms. The Morgan fingerprint density at radius 1 is 1.48 bits per heavy atom. The lowest BCUT2D eigenvalue weighted by atomic mass is 10.0. The molecule has 2 heterocycles. The zero-order valence-corrected chi connectivity index (χ0v) is 15.4. The van der Waals surface area contributed by atoms with Crippen LogP contribution in [-0.2, 0) is 16.1 Å². The second-order valence-corrected chi connectivity index (χ2v) is 7.17. The molecule has 2 atom stereocenters. The molecule has 3 rings (SSSR count). The Morgan fingerprint density at radius 2 is 2.20 bits per heavy atom. The molecule has 0 aromatic heterocycles. The summed E-state index contributed by atoms with van der Waals surface area (Å²) in [5.41, 5.74) is 8.39. The lowest BCUT2D eigenvalue weighted by Crippen LogP contribution is -2.68. The summed E-state index contributed by atoms with van der Waals surface area (Å²) in [7, 11) is 1.62. The number of benzene rings is 1. The molecule has 0 aliphatic carbocycles. The predicted octanol–water partition coefficient (Wildman–Crippen LogP) is 2.06. The summed E-state index contributed by atoms with van der Waals surface area (Å²) in [6.45, 7) is 0.307. The molecule has 0 radical (unpaired) electrons. The number of hydrogen-bond donors (Lipinski definition) is 1. The van der Waals surface area contributed by atoms with Gasteiger partial charge in [-0.25, -0.2) is 0 Å². The van der Waals surface area contributed by atoms with Gasteiger partial charge >= 0.3 is 0 Å². The average molecular weight is 374 g/mol. The van der Waals surface area contributed by atoms with E-state index in [2.05, 4.69) is 5.92 Å². The van der Waals surface area contributed by atoms with E-state index >= 15 is 0 Å². The second kappa shape index (κ2) is 7.48. The standard InChI is InChI=1S/C18H18N2O3S2/c1-3-4-12-10-25-17-14(19)16(21)20(17)15(12)18(24)23-9-11-5-7-13(22-2)8-6-11/h1,5-8,14,17H,4,9-10,19H2,2H3/t14-,17-/m1/s1. The van der Waals surface area contributed by atoms with Crippen LogP contribution in [0.25, 0.3) is 0 Å². The van der Waals surface area contributed by atoms with E-state index in [1.165, 1.54) is 0 Å². The van der Waals surface area contributed by atoms with Crippen molar-refractivity contribution in [2.45, 2.75) is 24.4 Å². The Labute approximate surface area is 156 Å². The van der Waals surface area contributed by atoms with Crippen molar-refractivity contribution < 1.29 is 14.3 Å². The first kappa shape index (κ1) is 17.8. The van der Waals surface area contributed by atoms with Crippen LogP contribution in [0.1, 0.15) is 12.0 Å². The normalized spacial score (nSPS) is 22.0. The van der Waals surface area contributed by atoms with E-state index in [0.29, 0.717) is 24.5 Å². The van der Waals surface area contributed by atoms with Crippen molar-refractivity contribution in [3.63, 3.8) is 0 Å². The van der Waals surface area contributed by atoms with Gasteiger partial charge in [-0.05, 0) is 35.5 Å². The third kappa shape index (κ3) is 3.38. The van der Waals surface area contributed by atoms with E-state index in [1.54, 1.807) is 23.8 Å². The number of hydrogen-bond acceptors (Lipinski definition) is 6. The molecule has 1 saturated heterocycles. The van der Waals surface area contributed by atoms with Crippen molar-refractivity contribution in [1.29, 1.82) is 0 Å². The summed E-state index contributed by atoms with van der Waals surface area (Å²) in [5, 5.41) is 0.193. The summed E-state index contributed by atoms with van der Waals surface area (Å²) < 4.78 is 10.9. The van der Waals surface area contributed by atoms with Gasteiger partial charge in [0.05, 0.1) is 12.8 Å². The van der Waals surface area contributed by atoms with Gasteiger partial charge in [0.25, 0.3) is 0 Å². The monoisotopic (exact) mass is 374 g/mol. The fraction of sp³-hybridized carbons (Fsp3) is 0.333. The van der Waals surface area contributed by atoms with E-state index in [0.717, 1.165) is 16.9 Å². The number of fused-ring (bicyclic) bond motifs is 1. The highest BCUT2D eigenvalue weighted by Crippen LogP contribution is 2.40. The van der Waals surface area contributed by atoms with Crippen molar-refractivity contribution in [1.82, 2.24) is 4.90 Å². The van der Waals surface area contributed by atoms with Gasteiger partial charge in [-0.15, -0.1) is 24.1 Å². The number of nitrogens with zero attached hydrogens (tertiary/aromatic N) is 1. The molecule has 130 valence electrons. The SMILES string of the molecule is C#CCC1=C(C(=S)OCc2ccc(OC)cc2)N2C(=O)[C@@H](N)[C@H]2SC1. The van der Waals surface area contributed by atoms with Crippen LogP contribution in [-0.4, -0.2) is 40.1 Å². The Kier molecular flexibility index (Phi) is 5.33. The van der Waals surface area contributed by atoms with E-state index in [1.807, 2.05) is 24.3 Å². The number of β-lactam (4-membered cyclic amide) rings is 1. The van der Waals surface area contributed by atoms with E-state index in [4.69, 9.17) is 33.8 Å². The number of methoxy groups -OCH3 is 1. The molecule has 2 aliphatic heterocycles. The van der Waals surface area contributed by atoms with Gasteiger partial charge in [0.15, 0.2) is 0 Å². The molecule has 1 fully saturated rings. The van der Waals surface area contributed by atoms with E-state index < -0.39 is 6.04 Å². The molecule has 1 amide bonds. The molecule has 25 heavy (non-hydrogen) atoms. The van der Waals surface area contributed by atoms with Crippen molar-refractivity contribution in [2.75, 3.05) is 12.9 Å². The maximum Gasteiger partial charge on any atom is 0.248 e. The lowest BCUT2D eigenvalue weighted by molar-refractivity contribution is -0.140. The number of nitrogens with two attached hydrogens (primary N) is 1. The molecule has 0 unspecified atom stereocenters. The molecule has 5 nitrogen and oxygen atoms in total. The van der Waals surface area contributed by atoms with Crippen LogP contribution in [0.2, 0.25) is 0 Å². The maximum atomic E-state index is 12.2. The molecule has 1 aromatic carbocycles. The van der Waals surface area contributed by atoms with Gasteiger partial charge in [-0.2, -0.15) is 0 Å². The van der Waals surface area contributed by atoms with Crippen LogP contribution in [0.4, 0.5) is 0 Å². The summed E-state index contributed by atoms with van der Waals surface area (Å²) in [4.78, 5) is 13.8. The van der Waals surface area contributed by atoms with Gasteiger partial charge < -0.3 is 15.2 Å². The quantitative estimate of drug-likeness (QED) is 0.484. The fourth-order valence-corrected chi connectivity index (χ4v) is 4.36. The Hall–Kier alpha value is -2.01. The first-order valence-electron chi connectivity index (χ1n) is 7.72. The Bertz CT molecular complexity index is 768. The first-order chi connectivity index (χ1) is 12.1. The van der Waals surface area contributed by atoms with Crippen molar-refractivity contribution in [2.24, 2.45) is 5.73 Å². The average Bonchev–Trinajstić information content (AvgIpc) is 2.65. The van der Waals surface area contributed by atoms with Crippen LogP contribution >= 0.6 is 24.0 Å². The third-order valence-electron chi connectivity index (χ3n) is 4.13. The summed E-state index contributed by atoms with van der Waals surface area (Å²) in [6, 6.07) is 7.04. The van der Waals surface area contributed by atoms with Crippen LogP contribution in [0, 0.1) is 12.3 Å². The largest absolute Gasteiger partial charge is 0.497 e. The number of carbonyl (C=O) groups excluding carboxylic acids is 1. The number of ether oxygens (including phenoxy) is 2. The van der Waals surface area contributed by atoms with E-state index in [9.17, 15) is 4.79 Å². The number of thiocarbonyl (C=S) groups is 1. The summed E-state index contributed by atoms with van der Waals surface area (Å²) >= 11 is 7.06. The van der Waals surface area contributed by atoms with Crippen LogP contribution in [0.3, 0.4) is 0 Å². The van der Waals surface area contributed by atoms with Crippen molar-refractivity contribution in [3.05, 3.63) is 41.1 Å². The highest BCUT2D eigenvalue weighted by Gasteiger charge is 2.51. The van der Waals surface area contributed by atoms with Crippen LogP contribution < -0.4 is 10.5 Å². The Morgan fingerprint density at radius 3 is 2.84 bits per heavy atom. The minimum absolute atomic E-state index is 0.0911. The number of amides is 1. The van der Waals surface area contributed by atoms with E-state index in [-0.39, 0.29) is 16.3 Å².